The van der Waals surface area contributed by atoms with E-state index in [-0.39, 0.29) is 11.5 Å². The summed E-state index contributed by atoms with van der Waals surface area (Å²) in [5.74, 6) is 0.327. The van der Waals surface area contributed by atoms with Gasteiger partial charge in [-0.15, -0.1) is 0 Å². The molecule has 3 nitrogen and oxygen atoms in total. The van der Waals surface area contributed by atoms with E-state index in [1.165, 1.54) is 0 Å². The second kappa shape index (κ2) is 5.36. The van der Waals surface area contributed by atoms with Crippen LogP contribution in [0.25, 0.3) is 11.0 Å². The van der Waals surface area contributed by atoms with Crippen LogP contribution in [0.15, 0.2) is 46.9 Å². The summed E-state index contributed by atoms with van der Waals surface area (Å²) < 4.78 is 6.87. The standard InChI is InChI=1S/C15H8I2O3/c16-10-5-9(6-11(17)15(10)19)14(18)13-7-8-3-1-2-4-12(8)20-13/h1-7,19H. The molecule has 1 N–H and O–H groups in total. The maximum Gasteiger partial charge on any atom is 0.228 e. The lowest BCUT2D eigenvalue weighted by molar-refractivity contribution is 0.101. The smallest absolute Gasteiger partial charge is 0.228 e. The minimum atomic E-state index is -0.183. The van der Waals surface area contributed by atoms with Gasteiger partial charge in [-0.3, -0.25) is 4.79 Å². The minimum Gasteiger partial charge on any atom is -0.506 e. The Balaban J connectivity index is 2.08. The molecule has 0 aliphatic heterocycles. The number of carbonyl (C=O) groups is 1. The summed E-state index contributed by atoms with van der Waals surface area (Å²) in [5, 5.41) is 10.6. The van der Waals surface area contributed by atoms with Crippen molar-refractivity contribution in [2.24, 2.45) is 0 Å². The number of benzene rings is 2. The Morgan fingerprint density at radius 1 is 1.05 bits per heavy atom. The van der Waals surface area contributed by atoms with Crippen LogP contribution < -0.4 is 0 Å². The van der Waals surface area contributed by atoms with Crippen LogP contribution in [0.3, 0.4) is 0 Å². The number of carbonyl (C=O) groups excluding carboxylic acids is 1. The molecule has 0 atom stereocenters. The molecule has 0 spiro atoms. The van der Waals surface area contributed by atoms with Gasteiger partial charge in [-0.2, -0.15) is 0 Å². The number of rotatable bonds is 2. The van der Waals surface area contributed by atoms with E-state index in [1.54, 1.807) is 18.2 Å². The Labute approximate surface area is 142 Å². The quantitative estimate of drug-likeness (QED) is 0.423. The maximum atomic E-state index is 12.4. The highest BCUT2D eigenvalue weighted by atomic mass is 127. The predicted molar refractivity (Wildman–Crippen MR) is 93.2 cm³/mol. The molecule has 2 aromatic carbocycles. The molecule has 0 radical (unpaired) electrons. The number of hydrogen-bond acceptors (Lipinski definition) is 3. The number of phenolic OH excluding ortho intramolecular Hbond substituents is 1. The van der Waals surface area contributed by atoms with Crippen molar-refractivity contribution in [1.29, 1.82) is 0 Å². The van der Waals surface area contributed by atoms with Crippen molar-refractivity contribution in [3.63, 3.8) is 0 Å². The fourth-order valence-electron chi connectivity index (χ4n) is 1.93. The molecule has 0 saturated carbocycles. The third-order valence-electron chi connectivity index (χ3n) is 2.93. The van der Waals surface area contributed by atoms with E-state index in [1.807, 2.05) is 69.4 Å². The number of halogens is 2. The predicted octanol–water partition coefficient (Wildman–Crippen LogP) is 4.58. The zero-order valence-corrected chi connectivity index (χ0v) is 14.4. The first-order valence-corrected chi connectivity index (χ1v) is 7.93. The highest BCUT2D eigenvalue weighted by Gasteiger charge is 2.17. The first kappa shape index (κ1) is 13.9. The Morgan fingerprint density at radius 3 is 2.35 bits per heavy atom. The van der Waals surface area contributed by atoms with Crippen molar-refractivity contribution < 1.29 is 14.3 Å². The van der Waals surface area contributed by atoms with Crippen LogP contribution >= 0.6 is 45.2 Å². The van der Waals surface area contributed by atoms with Gasteiger partial charge in [-0.1, -0.05) is 18.2 Å². The molecule has 5 heteroatoms. The van der Waals surface area contributed by atoms with Gasteiger partial charge in [-0.05, 0) is 69.4 Å². The van der Waals surface area contributed by atoms with Crippen molar-refractivity contribution in [2.75, 3.05) is 0 Å². The van der Waals surface area contributed by atoms with Crippen LogP contribution in [-0.2, 0) is 0 Å². The van der Waals surface area contributed by atoms with E-state index in [0.29, 0.717) is 24.0 Å². The summed E-state index contributed by atoms with van der Waals surface area (Å²) in [7, 11) is 0. The molecule has 0 bridgehead atoms. The number of hydrogen-bond donors (Lipinski definition) is 1. The second-order valence-electron chi connectivity index (χ2n) is 4.27. The van der Waals surface area contributed by atoms with Gasteiger partial charge < -0.3 is 9.52 Å². The first-order chi connectivity index (χ1) is 9.56. The number of ketones is 1. The number of fused-ring (bicyclic) bond motifs is 1. The van der Waals surface area contributed by atoms with E-state index in [0.717, 1.165) is 5.39 Å². The van der Waals surface area contributed by atoms with Gasteiger partial charge in [-0.25, -0.2) is 0 Å². The van der Waals surface area contributed by atoms with Crippen molar-refractivity contribution in [1.82, 2.24) is 0 Å². The first-order valence-electron chi connectivity index (χ1n) is 5.77. The normalized spacial score (nSPS) is 10.9. The van der Waals surface area contributed by atoms with Gasteiger partial charge in [0.1, 0.15) is 11.3 Å². The molecular weight excluding hydrogens is 482 g/mol. The number of phenols is 1. The zero-order chi connectivity index (χ0) is 14.3. The van der Waals surface area contributed by atoms with Crippen LogP contribution in [0.1, 0.15) is 16.1 Å². The number of furan rings is 1. The third kappa shape index (κ3) is 2.44. The van der Waals surface area contributed by atoms with Gasteiger partial charge in [0.25, 0.3) is 0 Å². The van der Waals surface area contributed by atoms with Crippen molar-refractivity contribution in [3.8, 4) is 5.75 Å². The van der Waals surface area contributed by atoms with E-state index in [9.17, 15) is 9.90 Å². The Morgan fingerprint density at radius 2 is 1.70 bits per heavy atom. The topological polar surface area (TPSA) is 50.4 Å². The van der Waals surface area contributed by atoms with Crippen molar-refractivity contribution >= 4 is 61.9 Å². The van der Waals surface area contributed by atoms with Crippen LogP contribution in [0, 0.1) is 7.14 Å². The molecule has 0 amide bonds. The fourth-order valence-corrected chi connectivity index (χ4v) is 3.70. The summed E-state index contributed by atoms with van der Waals surface area (Å²) in [5.41, 5.74) is 1.20. The lowest BCUT2D eigenvalue weighted by atomic mass is 10.1. The molecule has 20 heavy (non-hydrogen) atoms. The van der Waals surface area contributed by atoms with Crippen LogP contribution in [0.5, 0.6) is 5.75 Å². The summed E-state index contributed by atoms with van der Waals surface area (Å²) in [6.07, 6.45) is 0. The van der Waals surface area contributed by atoms with Gasteiger partial charge in [0.05, 0.1) is 7.14 Å². The Bertz CT molecular complexity index is 765. The molecule has 3 rings (SSSR count). The largest absolute Gasteiger partial charge is 0.506 e. The van der Waals surface area contributed by atoms with Crippen LogP contribution in [0.4, 0.5) is 0 Å². The molecule has 0 fully saturated rings. The summed E-state index contributed by atoms with van der Waals surface area (Å²) in [6, 6.07) is 12.6. The van der Waals surface area contributed by atoms with Crippen LogP contribution in [-0.4, -0.2) is 10.9 Å². The number of aromatic hydroxyl groups is 1. The monoisotopic (exact) mass is 490 g/mol. The maximum absolute atomic E-state index is 12.4. The van der Waals surface area contributed by atoms with E-state index in [4.69, 9.17) is 4.42 Å². The summed E-state index contributed by atoms with van der Waals surface area (Å²) in [6.45, 7) is 0. The van der Waals surface area contributed by atoms with Gasteiger partial charge in [0.15, 0.2) is 5.76 Å². The molecular formula is C15H8I2O3. The highest BCUT2D eigenvalue weighted by molar-refractivity contribution is 14.1. The van der Waals surface area contributed by atoms with E-state index < -0.39 is 0 Å². The SMILES string of the molecule is O=C(c1cc(I)c(O)c(I)c1)c1cc2ccccc2o1. The zero-order valence-electron chi connectivity index (χ0n) is 10.1. The van der Waals surface area contributed by atoms with Gasteiger partial charge in [0, 0.05) is 10.9 Å². The second-order valence-corrected chi connectivity index (χ2v) is 6.59. The Kier molecular flexibility index (Phi) is 3.72. The van der Waals surface area contributed by atoms with E-state index in [2.05, 4.69) is 0 Å². The van der Waals surface area contributed by atoms with Gasteiger partial charge in [0.2, 0.25) is 5.78 Å². The van der Waals surface area contributed by atoms with E-state index >= 15 is 0 Å². The van der Waals surface area contributed by atoms with Crippen molar-refractivity contribution in [3.05, 3.63) is 60.9 Å². The molecule has 1 aromatic heterocycles. The summed E-state index contributed by atoms with van der Waals surface area (Å²) in [4.78, 5) is 12.4. The molecule has 3 aromatic rings. The summed E-state index contributed by atoms with van der Waals surface area (Å²) >= 11 is 4.01. The molecule has 0 aliphatic rings. The van der Waals surface area contributed by atoms with Crippen LogP contribution in [0.2, 0.25) is 0 Å². The van der Waals surface area contributed by atoms with Crippen molar-refractivity contribution in [2.45, 2.75) is 0 Å². The number of para-hydroxylation sites is 1. The average molecular weight is 490 g/mol. The lowest BCUT2D eigenvalue weighted by Gasteiger charge is -2.03. The highest BCUT2D eigenvalue weighted by Crippen LogP contribution is 2.29. The molecule has 0 unspecified atom stereocenters. The van der Waals surface area contributed by atoms with Gasteiger partial charge >= 0.3 is 0 Å². The molecule has 1 heterocycles. The molecule has 0 saturated heterocycles. The Hall–Kier alpha value is -1.09. The molecule has 100 valence electrons. The molecule has 0 aliphatic carbocycles. The average Bonchev–Trinajstić information content (AvgIpc) is 2.87. The third-order valence-corrected chi connectivity index (χ3v) is 4.57. The fraction of sp³-hybridized carbons (Fsp3) is 0. The lowest BCUT2D eigenvalue weighted by Crippen LogP contribution is -2.01. The minimum absolute atomic E-state index is 0.183.